The Labute approximate surface area is 107 Å². The Bertz CT molecular complexity index is 529. The summed E-state index contributed by atoms with van der Waals surface area (Å²) >= 11 is 0. The van der Waals surface area contributed by atoms with E-state index in [-0.39, 0.29) is 6.54 Å². The highest BCUT2D eigenvalue weighted by Crippen LogP contribution is 2.23. The van der Waals surface area contributed by atoms with E-state index >= 15 is 0 Å². The molecule has 1 aromatic carbocycles. The van der Waals surface area contributed by atoms with Gasteiger partial charge in [-0.15, -0.1) is 0 Å². The highest BCUT2D eigenvalue weighted by atomic mass is 16.3. The quantitative estimate of drug-likeness (QED) is 0.845. The van der Waals surface area contributed by atoms with Crippen LogP contribution in [-0.4, -0.2) is 27.0 Å². The lowest BCUT2D eigenvalue weighted by Gasteiger charge is -2.23. The number of rotatable bonds is 5. The second kappa shape index (κ2) is 5.08. The van der Waals surface area contributed by atoms with Crippen LogP contribution in [-0.2, 0) is 13.0 Å². The maximum atomic E-state index is 10.3. The summed E-state index contributed by atoms with van der Waals surface area (Å²) < 4.78 is 1.97. The van der Waals surface area contributed by atoms with Crippen molar-refractivity contribution in [2.45, 2.75) is 38.8 Å². The van der Waals surface area contributed by atoms with Gasteiger partial charge in [-0.25, -0.2) is 0 Å². The Morgan fingerprint density at radius 1 is 1.33 bits per heavy atom. The zero-order valence-corrected chi connectivity index (χ0v) is 11.1. The number of benzene rings is 1. The van der Waals surface area contributed by atoms with Crippen LogP contribution in [0, 0.1) is 0 Å². The molecule has 0 aliphatic heterocycles. The molecule has 0 radical (unpaired) electrons. The van der Waals surface area contributed by atoms with Crippen LogP contribution in [0.4, 0.5) is 0 Å². The number of para-hydroxylation sites is 1. The van der Waals surface area contributed by atoms with Crippen molar-refractivity contribution in [3.63, 3.8) is 0 Å². The third-order valence-electron chi connectivity index (χ3n) is 3.57. The van der Waals surface area contributed by atoms with Gasteiger partial charge in [0.05, 0.1) is 16.8 Å². The molecule has 0 aliphatic rings. The Morgan fingerprint density at radius 2 is 2.06 bits per heavy atom. The summed E-state index contributed by atoms with van der Waals surface area (Å²) in [6.45, 7) is 5.11. The lowest BCUT2D eigenvalue weighted by atomic mass is 9.93. The summed E-state index contributed by atoms with van der Waals surface area (Å²) in [5.41, 5.74) is 6.86. The summed E-state index contributed by atoms with van der Waals surface area (Å²) in [5.74, 6) is 0. The number of aromatic nitrogens is 2. The lowest BCUT2D eigenvalue weighted by molar-refractivity contribution is 0.0448. The smallest absolute Gasteiger partial charge is 0.0822 e. The van der Waals surface area contributed by atoms with Crippen LogP contribution in [0.2, 0.25) is 0 Å². The average Bonchev–Trinajstić information content (AvgIpc) is 2.77. The van der Waals surface area contributed by atoms with Crippen molar-refractivity contribution in [3.05, 3.63) is 30.0 Å². The number of nitrogens with zero attached hydrogens (tertiary/aromatic N) is 2. The summed E-state index contributed by atoms with van der Waals surface area (Å²) in [5, 5.41) is 16.1. The van der Waals surface area contributed by atoms with Gasteiger partial charge in [-0.2, -0.15) is 5.10 Å². The molecule has 2 rings (SSSR count). The van der Waals surface area contributed by atoms with Crippen molar-refractivity contribution in [2.24, 2.45) is 5.73 Å². The van der Waals surface area contributed by atoms with Crippen molar-refractivity contribution >= 4 is 10.9 Å². The van der Waals surface area contributed by atoms with Gasteiger partial charge in [0, 0.05) is 24.9 Å². The number of fused-ring (bicyclic) bond motifs is 1. The normalized spacial score (nSPS) is 14.9. The van der Waals surface area contributed by atoms with Gasteiger partial charge in [0.15, 0.2) is 0 Å². The van der Waals surface area contributed by atoms with E-state index in [0.717, 1.165) is 23.1 Å². The molecule has 3 N–H and O–H groups in total. The van der Waals surface area contributed by atoms with Crippen LogP contribution in [0.25, 0.3) is 10.9 Å². The van der Waals surface area contributed by atoms with Crippen LogP contribution in [0.1, 0.15) is 26.0 Å². The van der Waals surface area contributed by atoms with Gasteiger partial charge >= 0.3 is 0 Å². The molecule has 1 unspecified atom stereocenters. The first-order chi connectivity index (χ1) is 8.63. The minimum Gasteiger partial charge on any atom is -0.388 e. The molecular weight excluding hydrogens is 226 g/mol. The molecule has 0 saturated carbocycles. The predicted octanol–water partition coefficient (Wildman–Crippen LogP) is 1.70. The molecule has 4 heteroatoms. The van der Waals surface area contributed by atoms with E-state index in [2.05, 4.69) is 24.2 Å². The first-order valence-electron chi connectivity index (χ1n) is 6.50. The fourth-order valence-corrected chi connectivity index (χ4v) is 2.22. The van der Waals surface area contributed by atoms with Crippen molar-refractivity contribution in [1.82, 2.24) is 9.78 Å². The molecule has 0 bridgehead atoms. The molecule has 18 heavy (non-hydrogen) atoms. The monoisotopic (exact) mass is 247 g/mol. The van der Waals surface area contributed by atoms with Crippen LogP contribution in [0.3, 0.4) is 0 Å². The number of hydrogen-bond donors (Lipinski definition) is 2. The van der Waals surface area contributed by atoms with Gasteiger partial charge < -0.3 is 10.8 Å². The number of nitrogens with two attached hydrogens (primary N) is 1. The van der Waals surface area contributed by atoms with Gasteiger partial charge in [0.2, 0.25) is 0 Å². The maximum absolute atomic E-state index is 10.3. The van der Waals surface area contributed by atoms with E-state index in [1.54, 1.807) is 0 Å². The van der Waals surface area contributed by atoms with Gasteiger partial charge in [0.25, 0.3) is 0 Å². The second-order valence-electron chi connectivity index (χ2n) is 4.74. The van der Waals surface area contributed by atoms with Crippen molar-refractivity contribution in [2.75, 3.05) is 6.54 Å². The average molecular weight is 247 g/mol. The fraction of sp³-hybridized carbons (Fsp3) is 0.500. The molecule has 0 amide bonds. The molecule has 0 saturated heterocycles. The van der Waals surface area contributed by atoms with E-state index in [1.165, 1.54) is 0 Å². The highest BCUT2D eigenvalue weighted by molar-refractivity contribution is 5.82. The van der Waals surface area contributed by atoms with E-state index in [4.69, 9.17) is 5.73 Å². The highest BCUT2D eigenvalue weighted by Gasteiger charge is 2.25. The molecule has 98 valence electrons. The van der Waals surface area contributed by atoms with Gasteiger partial charge in [0.1, 0.15) is 0 Å². The van der Waals surface area contributed by atoms with Crippen LogP contribution in [0.5, 0.6) is 0 Å². The Kier molecular flexibility index (Phi) is 3.68. The molecule has 0 fully saturated rings. The number of aliphatic hydroxyl groups is 1. The Morgan fingerprint density at radius 3 is 2.67 bits per heavy atom. The van der Waals surface area contributed by atoms with Gasteiger partial charge in [-0.3, -0.25) is 4.68 Å². The predicted molar refractivity (Wildman–Crippen MR) is 73.4 cm³/mol. The lowest BCUT2D eigenvalue weighted by Crippen LogP contribution is -2.39. The molecule has 4 nitrogen and oxygen atoms in total. The maximum Gasteiger partial charge on any atom is 0.0822 e. The van der Waals surface area contributed by atoms with E-state index in [9.17, 15) is 5.11 Å². The largest absolute Gasteiger partial charge is 0.388 e. The number of hydrogen-bond acceptors (Lipinski definition) is 3. The Balaban J connectivity index is 2.45. The molecule has 0 aliphatic carbocycles. The van der Waals surface area contributed by atoms with E-state index in [0.29, 0.717) is 12.8 Å². The summed E-state index contributed by atoms with van der Waals surface area (Å²) in [7, 11) is 0. The van der Waals surface area contributed by atoms with Crippen LogP contribution >= 0.6 is 0 Å². The van der Waals surface area contributed by atoms with Crippen molar-refractivity contribution in [3.8, 4) is 0 Å². The Hall–Kier alpha value is -1.39. The summed E-state index contributed by atoms with van der Waals surface area (Å²) in [6, 6.07) is 8.12. The van der Waals surface area contributed by atoms with Gasteiger partial charge in [-0.05, 0) is 19.4 Å². The first kappa shape index (κ1) is 13.1. The van der Waals surface area contributed by atoms with E-state index in [1.807, 2.05) is 23.7 Å². The zero-order chi connectivity index (χ0) is 13.2. The first-order valence-corrected chi connectivity index (χ1v) is 6.50. The molecule has 1 aromatic heterocycles. The third-order valence-corrected chi connectivity index (χ3v) is 3.57. The SMILES string of the molecule is CCn1nc(CC(O)(CC)CN)c2ccccc21. The van der Waals surface area contributed by atoms with Crippen molar-refractivity contribution < 1.29 is 5.11 Å². The van der Waals surface area contributed by atoms with E-state index < -0.39 is 5.60 Å². The summed E-state index contributed by atoms with van der Waals surface area (Å²) in [4.78, 5) is 0. The molecule has 1 atom stereocenters. The van der Waals surface area contributed by atoms with Crippen molar-refractivity contribution in [1.29, 1.82) is 0 Å². The fourth-order valence-electron chi connectivity index (χ4n) is 2.22. The zero-order valence-electron chi connectivity index (χ0n) is 11.1. The minimum absolute atomic E-state index is 0.261. The summed E-state index contributed by atoms with van der Waals surface area (Å²) in [6.07, 6.45) is 1.14. The molecule has 1 heterocycles. The standard InChI is InChI=1S/C14H21N3O/c1-3-14(18,10-15)9-12-11-7-5-6-8-13(11)17(4-2)16-12/h5-8,18H,3-4,9-10,15H2,1-2H3. The topological polar surface area (TPSA) is 64.1 Å². The molecule has 0 spiro atoms. The third kappa shape index (κ3) is 2.26. The van der Waals surface area contributed by atoms with Gasteiger partial charge in [-0.1, -0.05) is 25.1 Å². The number of aryl methyl sites for hydroxylation is 1. The molecular formula is C14H21N3O. The van der Waals surface area contributed by atoms with Crippen LogP contribution < -0.4 is 5.73 Å². The van der Waals surface area contributed by atoms with Crippen LogP contribution in [0.15, 0.2) is 24.3 Å². The second-order valence-corrected chi connectivity index (χ2v) is 4.74. The molecule has 2 aromatic rings. The minimum atomic E-state index is -0.851.